The molecule has 0 fully saturated rings. The van der Waals surface area contributed by atoms with E-state index in [1.165, 1.54) is 0 Å². The molecule has 2 aromatic rings. The predicted octanol–water partition coefficient (Wildman–Crippen LogP) is 1.24. The zero-order chi connectivity index (χ0) is 9.10. The van der Waals surface area contributed by atoms with E-state index in [2.05, 4.69) is 19.9 Å². The zero-order valence-electron chi connectivity index (χ0n) is 7.18. The molecule has 2 aromatic heterocycles. The molecule has 13 heavy (non-hydrogen) atoms. The van der Waals surface area contributed by atoms with Crippen LogP contribution in [-0.2, 0) is 0 Å². The normalized spacial score (nSPS) is 9.92. The zero-order valence-corrected chi connectivity index (χ0v) is 7.18. The fraction of sp³-hybridized carbons (Fsp3) is 0.111. The van der Waals surface area contributed by atoms with Crippen molar-refractivity contribution in [1.29, 1.82) is 0 Å². The van der Waals surface area contributed by atoms with Gasteiger partial charge in [-0.15, -0.1) is 0 Å². The van der Waals surface area contributed by atoms with Crippen molar-refractivity contribution in [2.45, 2.75) is 6.92 Å². The lowest BCUT2D eigenvalue weighted by Gasteiger charge is -2.00. The third kappa shape index (κ3) is 1.51. The first kappa shape index (κ1) is 7.79. The summed E-state index contributed by atoms with van der Waals surface area (Å²) in [7, 11) is 0. The van der Waals surface area contributed by atoms with Crippen LogP contribution in [-0.4, -0.2) is 19.9 Å². The van der Waals surface area contributed by atoms with Gasteiger partial charge in [-0.05, 0) is 6.92 Å². The Labute approximate surface area is 75.7 Å². The van der Waals surface area contributed by atoms with E-state index >= 15 is 0 Å². The fourth-order valence-corrected chi connectivity index (χ4v) is 1.08. The van der Waals surface area contributed by atoms with E-state index in [4.69, 9.17) is 0 Å². The number of hydrogen-bond donors (Lipinski definition) is 0. The fourth-order valence-electron chi connectivity index (χ4n) is 1.08. The van der Waals surface area contributed by atoms with Gasteiger partial charge in [-0.3, -0.25) is 19.9 Å². The van der Waals surface area contributed by atoms with Crippen molar-refractivity contribution in [2.24, 2.45) is 0 Å². The highest BCUT2D eigenvalue weighted by molar-refractivity contribution is 5.54. The molecule has 0 bridgehead atoms. The van der Waals surface area contributed by atoms with Crippen LogP contribution < -0.4 is 0 Å². The Kier molecular flexibility index (Phi) is 1.96. The highest BCUT2D eigenvalue weighted by Crippen LogP contribution is 2.13. The summed E-state index contributed by atoms with van der Waals surface area (Å²) in [5, 5.41) is 0. The molecule has 0 aliphatic heterocycles. The van der Waals surface area contributed by atoms with Crippen molar-refractivity contribution >= 4 is 0 Å². The minimum absolute atomic E-state index is 0.758. The Morgan fingerprint density at radius 3 is 2.38 bits per heavy atom. The Morgan fingerprint density at radius 1 is 0.923 bits per heavy atom. The Balaban J connectivity index is 2.54. The average Bonchev–Trinajstić information content (AvgIpc) is 2.20. The lowest BCUT2D eigenvalue weighted by Crippen LogP contribution is -1.93. The molecule has 2 rings (SSSR count). The van der Waals surface area contributed by atoms with Crippen LogP contribution >= 0.6 is 0 Å². The molecule has 2 heterocycles. The molecular weight excluding hydrogens is 164 g/mol. The van der Waals surface area contributed by atoms with Crippen molar-refractivity contribution < 1.29 is 0 Å². The van der Waals surface area contributed by atoms with E-state index in [0.29, 0.717) is 0 Å². The molecule has 0 aliphatic carbocycles. The van der Waals surface area contributed by atoms with Gasteiger partial charge in [0.15, 0.2) is 0 Å². The van der Waals surface area contributed by atoms with Crippen LogP contribution in [0.1, 0.15) is 5.69 Å². The second kappa shape index (κ2) is 3.26. The van der Waals surface area contributed by atoms with Crippen LogP contribution in [0.15, 0.2) is 31.0 Å². The summed E-state index contributed by atoms with van der Waals surface area (Å²) in [6.45, 7) is 1.90. The SMILES string of the molecule is Cc1nccnc1-c1cnccn1. The van der Waals surface area contributed by atoms with E-state index in [1.54, 1.807) is 31.0 Å². The minimum atomic E-state index is 0.758. The molecule has 0 atom stereocenters. The smallest absolute Gasteiger partial charge is 0.111 e. The van der Waals surface area contributed by atoms with Crippen molar-refractivity contribution in [3.8, 4) is 11.4 Å². The van der Waals surface area contributed by atoms with Gasteiger partial charge in [0.1, 0.15) is 11.4 Å². The van der Waals surface area contributed by atoms with Gasteiger partial charge in [-0.25, -0.2) is 0 Å². The van der Waals surface area contributed by atoms with E-state index < -0.39 is 0 Å². The maximum Gasteiger partial charge on any atom is 0.111 e. The monoisotopic (exact) mass is 172 g/mol. The molecule has 0 saturated carbocycles. The summed E-state index contributed by atoms with van der Waals surface area (Å²) < 4.78 is 0. The average molecular weight is 172 g/mol. The maximum atomic E-state index is 4.18. The molecule has 64 valence electrons. The summed E-state index contributed by atoms with van der Waals surface area (Å²) in [6.07, 6.45) is 8.27. The second-order valence-corrected chi connectivity index (χ2v) is 2.58. The molecule has 0 saturated heterocycles. The first-order valence-electron chi connectivity index (χ1n) is 3.92. The van der Waals surface area contributed by atoms with Crippen LogP contribution in [0.5, 0.6) is 0 Å². The second-order valence-electron chi connectivity index (χ2n) is 2.58. The highest BCUT2D eigenvalue weighted by atomic mass is 14.8. The summed E-state index contributed by atoms with van der Waals surface area (Å²) in [6, 6.07) is 0. The van der Waals surface area contributed by atoms with E-state index in [1.807, 2.05) is 6.92 Å². The van der Waals surface area contributed by atoms with Gasteiger partial charge in [0.25, 0.3) is 0 Å². The molecule has 0 radical (unpaired) electrons. The first-order chi connectivity index (χ1) is 6.38. The van der Waals surface area contributed by atoms with Gasteiger partial charge in [-0.2, -0.15) is 0 Å². The Bertz CT molecular complexity index is 399. The highest BCUT2D eigenvalue weighted by Gasteiger charge is 2.03. The lowest BCUT2D eigenvalue weighted by molar-refractivity contribution is 1.09. The number of nitrogens with zero attached hydrogens (tertiary/aromatic N) is 4. The van der Waals surface area contributed by atoms with Gasteiger partial charge in [0, 0.05) is 24.8 Å². The van der Waals surface area contributed by atoms with Gasteiger partial charge in [0.05, 0.1) is 11.9 Å². The molecule has 0 aromatic carbocycles. The number of hydrogen-bond acceptors (Lipinski definition) is 4. The van der Waals surface area contributed by atoms with Crippen LogP contribution in [0.4, 0.5) is 0 Å². The van der Waals surface area contributed by atoms with Crippen LogP contribution in [0.3, 0.4) is 0 Å². The van der Waals surface area contributed by atoms with Crippen molar-refractivity contribution in [3.05, 3.63) is 36.7 Å². The van der Waals surface area contributed by atoms with E-state index in [0.717, 1.165) is 17.1 Å². The molecular formula is C9H8N4. The first-order valence-corrected chi connectivity index (χ1v) is 3.92. The molecule has 0 unspecified atom stereocenters. The quantitative estimate of drug-likeness (QED) is 0.649. The van der Waals surface area contributed by atoms with Gasteiger partial charge in [-0.1, -0.05) is 0 Å². The van der Waals surface area contributed by atoms with Crippen molar-refractivity contribution in [2.75, 3.05) is 0 Å². The van der Waals surface area contributed by atoms with Crippen LogP contribution in [0.2, 0.25) is 0 Å². The molecule has 4 heteroatoms. The molecule has 0 aliphatic rings. The van der Waals surface area contributed by atoms with E-state index in [-0.39, 0.29) is 0 Å². The van der Waals surface area contributed by atoms with Gasteiger partial charge >= 0.3 is 0 Å². The van der Waals surface area contributed by atoms with Crippen molar-refractivity contribution in [3.63, 3.8) is 0 Å². The minimum Gasteiger partial charge on any atom is -0.261 e. The summed E-state index contributed by atoms with van der Waals surface area (Å²) in [5.41, 5.74) is 2.41. The lowest BCUT2D eigenvalue weighted by atomic mass is 10.2. The number of rotatable bonds is 1. The molecule has 0 amide bonds. The summed E-state index contributed by atoms with van der Waals surface area (Å²) in [5.74, 6) is 0. The Hall–Kier alpha value is -1.84. The molecule has 4 nitrogen and oxygen atoms in total. The third-order valence-corrected chi connectivity index (χ3v) is 1.69. The standard InChI is InChI=1S/C9H8N4/c1-7-9(13-5-4-11-7)8-6-10-2-3-12-8/h2-6H,1H3. The maximum absolute atomic E-state index is 4.18. The predicted molar refractivity (Wildman–Crippen MR) is 47.8 cm³/mol. The summed E-state index contributed by atoms with van der Waals surface area (Å²) in [4.78, 5) is 16.4. The Morgan fingerprint density at radius 2 is 1.69 bits per heavy atom. The largest absolute Gasteiger partial charge is 0.261 e. The van der Waals surface area contributed by atoms with Crippen LogP contribution in [0, 0.1) is 6.92 Å². The van der Waals surface area contributed by atoms with E-state index in [9.17, 15) is 0 Å². The third-order valence-electron chi connectivity index (χ3n) is 1.69. The topological polar surface area (TPSA) is 51.6 Å². The summed E-state index contributed by atoms with van der Waals surface area (Å²) >= 11 is 0. The van der Waals surface area contributed by atoms with Crippen LogP contribution in [0.25, 0.3) is 11.4 Å². The molecule has 0 spiro atoms. The number of aromatic nitrogens is 4. The number of aryl methyl sites for hydroxylation is 1. The van der Waals surface area contributed by atoms with Crippen molar-refractivity contribution in [1.82, 2.24) is 19.9 Å². The van der Waals surface area contributed by atoms with Gasteiger partial charge < -0.3 is 0 Å². The van der Waals surface area contributed by atoms with Gasteiger partial charge in [0.2, 0.25) is 0 Å². The molecule has 0 N–H and O–H groups in total.